The van der Waals surface area contributed by atoms with Crippen LogP contribution in [0.4, 0.5) is 0 Å². The third kappa shape index (κ3) is 4.12. The van der Waals surface area contributed by atoms with Crippen molar-refractivity contribution in [3.05, 3.63) is 22.4 Å². The molecule has 6 heteroatoms. The number of halogens is 1. The maximum absolute atomic E-state index is 12.2. The smallest absolute Gasteiger partial charge is 0.355 e. The lowest BCUT2D eigenvalue weighted by Crippen LogP contribution is -2.47. The van der Waals surface area contributed by atoms with Crippen molar-refractivity contribution in [3.63, 3.8) is 0 Å². The van der Waals surface area contributed by atoms with Crippen LogP contribution in [0.5, 0.6) is 0 Å². The number of carbonyl (C=O) groups is 2. The molecule has 1 amide bonds. The fourth-order valence-electron chi connectivity index (χ4n) is 2.85. The number of nitrogens with one attached hydrogen (secondary N) is 2. The Hall–Kier alpha value is -1.30. The van der Waals surface area contributed by atoms with Gasteiger partial charge in [0.2, 0.25) is 0 Å². The van der Waals surface area contributed by atoms with Gasteiger partial charge in [0.25, 0.3) is 5.91 Å². The van der Waals surface area contributed by atoms with E-state index in [2.05, 4.69) is 40.1 Å². The summed E-state index contributed by atoms with van der Waals surface area (Å²) in [6.45, 7) is 5.99. The van der Waals surface area contributed by atoms with E-state index in [-0.39, 0.29) is 11.9 Å². The van der Waals surface area contributed by atoms with Gasteiger partial charge >= 0.3 is 5.97 Å². The van der Waals surface area contributed by atoms with Crippen LogP contribution in [0.3, 0.4) is 0 Å². The van der Waals surface area contributed by atoms with E-state index in [4.69, 9.17) is 4.74 Å². The number of H-pyrrole nitrogens is 1. The number of carbonyl (C=O) groups excluding carboxylic acids is 2. The molecule has 0 spiro atoms. The number of ether oxygens (including phenoxy) is 1. The summed E-state index contributed by atoms with van der Waals surface area (Å²) in [6, 6.07) is 1.79. The van der Waals surface area contributed by atoms with Crippen molar-refractivity contribution in [2.45, 2.75) is 52.2 Å². The van der Waals surface area contributed by atoms with Crippen molar-refractivity contribution in [2.75, 3.05) is 0 Å². The van der Waals surface area contributed by atoms with Crippen LogP contribution < -0.4 is 5.32 Å². The standard InChI is InChI=1S/C16H23BrN2O3/c1-9-5-4-6-13(10(9)2)19-15(20)11(3)22-16(21)14-7-12(17)8-18-14/h7-11,13,18H,4-6H2,1-3H3,(H,19,20)/t9-,10+,11+,13-/m1/s1. The Bertz CT molecular complexity index is 543. The van der Waals surface area contributed by atoms with E-state index in [0.717, 1.165) is 17.3 Å². The summed E-state index contributed by atoms with van der Waals surface area (Å²) < 4.78 is 5.98. The van der Waals surface area contributed by atoms with Crippen molar-refractivity contribution in [1.29, 1.82) is 0 Å². The lowest BCUT2D eigenvalue weighted by molar-refractivity contribution is -0.130. The number of esters is 1. The van der Waals surface area contributed by atoms with Gasteiger partial charge in [0, 0.05) is 16.7 Å². The van der Waals surface area contributed by atoms with E-state index in [1.165, 1.54) is 6.42 Å². The fourth-order valence-corrected chi connectivity index (χ4v) is 3.19. The van der Waals surface area contributed by atoms with Crippen LogP contribution >= 0.6 is 15.9 Å². The molecule has 0 aliphatic heterocycles. The highest BCUT2D eigenvalue weighted by atomic mass is 79.9. The third-order valence-corrected chi connectivity index (χ3v) is 5.01. The van der Waals surface area contributed by atoms with E-state index < -0.39 is 12.1 Å². The molecule has 1 aliphatic carbocycles. The van der Waals surface area contributed by atoms with Crippen LogP contribution in [0, 0.1) is 11.8 Å². The van der Waals surface area contributed by atoms with Crippen molar-refractivity contribution in [3.8, 4) is 0 Å². The van der Waals surface area contributed by atoms with E-state index in [9.17, 15) is 9.59 Å². The number of hydrogen-bond acceptors (Lipinski definition) is 3. The van der Waals surface area contributed by atoms with Gasteiger partial charge in [0.1, 0.15) is 5.69 Å². The molecule has 4 atom stereocenters. The Morgan fingerprint density at radius 2 is 2.14 bits per heavy atom. The first-order valence-corrected chi connectivity index (χ1v) is 8.53. The van der Waals surface area contributed by atoms with Crippen LogP contribution in [0.1, 0.15) is 50.5 Å². The average molecular weight is 371 g/mol. The summed E-state index contributed by atoms with van der Waals surface area (Å²) in [6.07, 6.45) is 4.16. The molecule has 1 heterocycles. The molecule has 1 aromatic heterocycles. The van der Waals surface area contributed by atoms with Gasteiger partial charge < -0.3 is 15.0 Å². The third-order valence-electron chi connectivity index (χ3n) is 4.56. The first kappa shape index (κ1) is 17.1. The van der Waals surface area contributed by atoms with Gasteiger partial charge in [0.05, 0.1) is 0 Å². The lowest BCUT2D eigenvalue weighted by atomic mass is 9.78. The molecule has 2 N–H and O–H groups in total. The molecular formula is C16H23BrN2O3. The molecule has 0 unspecified atom stereocenters. The van der Waals surface area contributed by atoms with Crippen molar-refractivity contribution >= 4 is 27.8 Å². The number of amides is 1. The molecule has 22 heavy (non-hydrogen) atoms. The highest BCUT2D eigenvalue weighted by Gasteiger charge is 2.30. The average Bonchev–Trinajstić information content (AvgIpc) is 2.90. The van der Waals surface area contributed by atoms with Gasteiger partial charge in [-0.1, -0.05) is 26.7 Å². The first-order valence-electron chi connectivity index (χ1n) is 7.73. The molecule has 1 fully saturated rings. The second-order valence-corrected chi connectivity index (χ2v) is 7.08. The molecule has 0 bridgehead atoms. The Kier molecular flexibility index (Phi) is 5.67. The maximum Gasteiger partial charge on any atom is 0.355 e. The zero-order valence-electron chi connectivity index (χ0n) is 13.2. The number of hydrogen-bond donors (Lipinski definition) is 2. The second-order valence-electron chi connectivity index (χ2n) is 6.16. The summed E-state index contributed by atoms with van der Waals surface area (Å²) in [5.41, 5.74) is 0.325. The summed E-state index contributed by atoms with van der Waals surface area (Å²) in [4.78, 5) is 26.9. The molecule has 0 saturated heterocycles. The van der Waals surface area contributed by atoms with E-state index in [0.29, 0.717) is 17.5 Å². The summed E-state index contributed by atoms with van der Waals surface area (Å²) in [7, 11) is 0. The molecule has 1 aliphatic rings. The van der Waals surface area contributed by atoms with Gasteiger partial charge in [-0.3, -0.25) is 4.79 Å². The second kappa shape index (κ2) is 7.31. The first-order chi connectivity index (χ1) is 10.4. The predicted molar refractivity (Wildman–Crippen MR) is 87.5 cm³/mol. The minimum absolute atomic E-state index is 0.164. The minimum atomic E-state index is -0.806. The van der Waals surface area contributed by atoms with Crippen molar-refractivity contribution in [2.24, 2.45) is 11.8 Å². The van der Waals surface area contributed by atoms with Crippen LogP contribution in [-0.4, -0.2) is 29.0 Å². The SMILES string of the molecule is C[C@H]1[C@H](C)CCC[C@H]1NC(=O)[C@H](C)OC(=O)c1cc(Br)c[nH]1. The van der Waals surface area contributed by atoms with Gasteiger partial charge in [0.15, 0.2) is 6.10 Å². The summed E-state index contributed by atoms with van der Waals surface area (Å²) in [5.74, 6) is 0.288. The van der Waals surface area contributed by atoms with E-state index in [1.54, 1.807) is 19.2 Å². The van der Waals surface area contributed by atoms with Crippen LogP contribution in [-0.2, 0) is 9.53 Å². The Morgan fingerprint density at radius 1 is 1.41 bits per heavy atom. The topological polar surface area (TPSA) is 71.2 Å². The molecule has 0 aromatic carbocycles. The molecule has 2 rings (SSSR count). The summed E-state index contributed by atoms with van der Waals surface area (Å²) in [5, 5.41) is 3.03. The Morgan fingerprint density at radius 3 is 2.77 bits per heavy atom. The number of aromatic nitrogens is 1. The highest BCUT2D eigenvalue weighted by Crippen LogP contribution is 2.29. The molecular weight excluding hydrogens is 348 g/mol. The highest BCUT2D eigenvalue weighted by molar-refractivity contribution is 9.10. The van der Waals surface area contributed by atoms with Crippen LogP contribution in [0.2, 0.25) is 0 Å². The predicted octanol–water partition coefficient (Wildman–Crippen LogP) is 3.26. The number of aromatic amines is 1. The van der Waals surface area contributed by atoms with Gasteiger partial charge in [-0.2, -0.15) is 0 Å². The zero-order valence-corrected chi connectivity index (χ0v) is 14.8. The number of rotatable bonds is 4. The van der Waals surface area contributed by atoms with Gasteiger partial charge in [-0.15, -0.1) is 0 Å². The van der Waals surface area contributed by atoms with Crippen LogP contribution in [0.15, 0.2) is 16.7 Å². The quantitative estimate of drug-likeness (QED) is 0.798. The fraction of sp³-hybridized carbons (Fsp3) is 0.625. The summed E-state index contributed by atoms with van der Waals surface area (Å²) >= 11 is 3.26. The van der Waals surface area contributed by atoms with Gasteiger partial charge in [-0.25, -0.2) is 4.79 Å². The van der Waals surface area contributed by atoms with Crippen LogP contribution in [0.25, 0.3) is 0 Å². The Balaban J connectivity index is 1.88. The molecule has 1 aromatic rings. The molecule has 0 radical (unpaired) electrons. The Labute approximate surface area is 139 Å². The van der Waals surface area contributed by atoms with Crippen molar-refractivity contribution in [1.82, 2.24) is 10.3 Å². The van der Waals surface area contributed by atoms with E-state index in [1.807, 2.05) is 0 Å². The molecule has 5 nitrogen and oxygen atoms in total. The normalized spacial score (nSPS) is 26.3. The molecule has 1 saturated carbocycles. The lowest BCUT2D eigenvalue weighted by Gasteiger charge is -2.35. The van der Waals surface area contributed by atoms with E-state index >= 15 is 0 Å². The largest absolute Gasteiger partial charge is 0.448 e. The van der Waals surface area contributed by atoms with Crippen molar-refractivity contribution < 1.29 is 14.3 Å². The monoisotopic (exact) mass is 370 g/mol. The minimum Gasteiger partial charge on any atom is -0.448 e. The van der Waals surface area contributed by atoms with Gasteiger partial charge in [-0.05, 0) is 47.2 Å². The maximum atomic E-state index is 12.2. The molecule has 122 valence electrons. The zero-order chi connectivity index (χ0) is 16.3.